The van der Waals surface area contributed by atoms with Crippen LogP contribution in [0.15, 0.2) is 66.7 Å². The summed E-state index contributed by atoms with van der Waals surface area (Å²) in [4.78, 5) is 28.0. The van der Waals surface area contributed by atoms with Crippen LogP contribution in [0.4, 0.5) is 5.69 Å². The molecule has 2 aliphatic heterocycles. The van der Waals surface area contributed by atoms with Crippen LogP contribution in [0.25, 0.3) is 0 Å². The van der Waals surface area contributed by atoms with Gasteiger partial charge in [0, 0.05) is 11.1 Å². The third-order valence-electron chi connectivity index (χ3n) is 5.81. The van der Waals surface area contributed by atoms with Gasteiger partial charge in [0.25, 0.3) is 5.91 Å². The van der Waals surface area contributed by atoms with E-state index in [0.717, 1.165) is 11.1 Å². The van der Waals surface area contributed by atoms with Crippen molar-refractivity contribution < 1.29 is 24.2 Å². The van der Waals surface area contributed by atoms with Crippen LogP contribution in [-0.2, 0) is 16.9 Å². The molecule has 1 amide bonds. The van der Waals surface area contributed by atoms with E-state index in [0.29, 0.717) is 34.9 Å². The zero-order chi connectivity index (χ0) is 21.6. The number of carbonyl (C=O) groups excluding carboxylic acids is 2. The highest BCUT2D eigenvalue weighted by atomic mass is 16.7. The summed E-state index contributed by atoms with van der Waals surface area (Å²) < 4.78 is 10.6. The highest BCUT2D eigenvalue weighted by Gasteiger charge is 2.50. The summed E-state index contributed by atoms with van der Waals surface area (Å²) >= 11 is 0. The van der Waals surface area contributed by atoms with Crippen LogP contribution in [0.2, 0.25) is 0 Å². The van der Waals surface area contributed by atoms with Gasteiger partial charge in [0.2, 0.25) is 6.79 Å². The lowest BCUT2D eigenvalue weighted by atomic mass is 9.88. The van der Waals surface area contributed by atoms with E-state index in [1.807, 2.05) is 37.3 Å². The van der Waals surface area contributed by atoms with Gasteiger partial charge in [-0.05, 0) is 36.8 Å². The molecule has 0 spiro atoms. The predicted octanol–water partition coefficient (Wildman–Crippen LogP) is 3.73. The SMILES string of the molecule is Cc1ccc(CN2C(=O)C(O)(CC(=O)c3ccc4c(c3)OCO4)c3ccccc32)cc1. The molecule has 2 aliphatic rings. The fourth-order valence-corrected chi connectivity index (χ4v) is 4.11. The van der Waals surface area contributed by atoms with E-state index in [1.165, 1.54) is 0 Å². The van der Waals surface area contributed by atoms with E-state index >= 15 is 0 Å². The Bertz CT molecular complexity index is 1190. The number of nitrogens with zero attached hydrogens (tertiary/aromatic N) is 1. The summed E-state index contributed by atoms with van der Waals surface area (Å²) in [7, 11) is 0. The maximum atomic E-state index is 13.4. The van der Waals surface area contributed by atoms with Gasteiger partial charge in [-0.1, -0.05) is 48.0 Å². The number of carbonyl (C=O) groups is 2. The molecule has 1 N–H and O–H groups in total. The number of rotatable bonds is 5. The molecule has 1 unspecified atom stereocenters. The summed E-state index contributed by atoms with van der Waals surface area (Å²) in [6.45, 7) is 2.42. The summed E-state index contributed by atoms with van der Waals surface area (Å²) in [5, 5.41) is 11.5. The van der Waals surface area contributed by atoms with E-state index in [2.05, 4.69) is 0 Å². The Labute approximate surface area is 179 Å². The molecule has 6 nitrogen and oxygen atoms in total. The number of para-hydroxylation sites is 1. The summed E-state index contributed by atoms with van der Waals surface area (Å²) in [6, 6.07) is 19.8. The molecule has 1 atom stereocenters. The van der Waals surface area contributed by atoms with Crippen molar-refractivity contribution in [3.8, 4) is 11.5 Å². The van der Waals surface area contributed by atoms with Crippen molar-refractivity contribution in [1.82, 2.24) is 0 Å². The number of ether oxygens (including phenoxy) is 2. The van der Waals surface area contributed by atoms with Crippen molar-refractivity contribution in [2.24, 2.45) is 0 Å². The number of hydrogen-bond acceptors (Lipinski definition) is 5. The number of amides is 1. The van der Waals surface area contributed by atoms with Gasteiger partial charge >= 0.3 is 0 Å². The number of fused-ring (bicyclic) bond motifs is 2. The van der Waals surface area contributed by atoms with Crippen LogP contribution < -0.4 is 14.4 Å². The average molecular weight is 415 g/mol. The molecule has 3 aromatic rings. The molecule has 31 heavy (non-hydrogen) atoms. The molecule has 0 fully saturated rings. The second kappa shape index (κ2) is 7.25. The monoisotopic (exact) mass is 415 g/mol. The highest BCUT2D eigenvalue weighted by Crippen LogP contribution is 2.44. The van der Waals surface area contributed by atoms with Gasteiger partial charge in [-0.2, -0.15) is 0 Å². The molecule has 0 bridgehead atoms. The topological polar surface area (TPSA) is 76.1 Å². The maximum absolute atomic E-state index is 13.4. The standard InChI is InChI=1S/C25H21NO5/c1-16-6-8-17(9-7-16)14-26-20-5-3-2-4-19(20)25(29,24(26)28)13-21(27)18-10-11-22-23(12-18)31-15-30-22/h2-12,29H,13-15H2,1H3. The first-order chi connectivity index (χ1) is 15.0. The first kappa shape index (κ1) is 19.3. The molecule has 156 valence electrons. The van der Waals surface area contributed by atoms with Gasteiger partial charge in [-0.15, -0.1) is 0 Å². The second-order valence-corrected chi connectivity index (χ2v) is 7.92. The third-order valence-corrected chi connectivity index (χ3v) is 5.81. The van der Waals surface area contributed by atoms with Crippen molar-refractivity contribution in [2.75, 3.05) is 11.7 Å². The number of ketones is 1. The first-order valence-corrected chi connectivity index (χ1v) is 10.1. The van der Waals surface area contributed by atoms with Gasteiger partial charge in [0.15, 0.2) is 22.9 Å². The molecule has 0 saturated carbocycles. The maximum Gasteiger partial charge on any atom is 0.264 e. The number of aliphatic hydroxyl groups is 1. The summed E-state index contributed by atoms with van der Waals surface area (Å²) in [5.41, 5.74) is 1.58. The molecule has 5 rings (SSSR count). The van der Waals surface area contributed by atoms with E-state index in [-0.39, 0.29) is 19.0 Å². The smallest absolute Gasteiger partial charge is 0.264 e. The normalized spacial score (nSPS) is 18.9. The van der Waals surface area contributed by atoms with E-state index in [9.17, 15) is 14.7 Å². The first-order valence-electron chi connectivity index (χ1n) is 10.1. The minimum atomic E-state index is -1.92. The molecule has 0 saturated heterocycles. The van der Waals surface area contributed by atoms with Crippen LogP contribution in [0.1, 0.15) is 33.5 Å². The molecular weight excluding hydrogens is 394 g/mol. The van der Waals surface area contributed by atoms with Crippen molar-refractivity contribution >= 4 is 17.4 Å². The number of hydrogen-bond donors (Lipinski definition) is 1. The summed E-state index contributed by atoms with van der Waals surface area (Å²) in [5.74, 6) is 0.211. The lowest BCUT2D eigenvalue weighted by molar-refractivity contribution is -0.136. The Morgan fingerprint density at radius 2 is 1.77 bits per heavy atom. The van der Waals surface area contributed by atoms with Gasteiger partial charge in [-0.25, -0.2) is 0 Å². The molecule has 0 radical (unpaired) electrons. The lowest BCUT2D eigenvalue weighted by Gasteiger charge is -2.23. The van der Waals surface area contributed by atoms with Crippen LogP contribution in [-0.4, -0.2) is 23.6 Å². The largest absolute Gasteiger partial charge is 0.454 e. The minimum Gasteiger partial charge on any atom is -0.454 e. The number of anilines is 1. The van der Waals surface area contributed by atoms with Gasteiger partial charge in [0.05, 0.1) is 18.7 Å². The number of Topliss-reactive ketones (excluding diaryl/α,β-unsaturated/α-hetero) is 1. The Morgan fingerprint density at radius 1 is 1.03 bits per heavy atom. The molecule has 6 heteroatoms. The quantitative estimate of drug-likeness (QED) is 0.643. The van der Waals surface area contributed by atoms with Crippen molar-refractivity contribution in [2.45, 2.75) is 25.5 Å². The van der Waals surface area contributed by atoms with Crippen molar-refractivity contribution in [3.05, 3.63) is 89.0 Å². The highest BCUT2D eigenvalue weighted by molar-refractivity contribution is 6.10. The van der Waals surface area contributed by atoms with Crippen LogP contribution >= 0.6 is 0 Å². The number of aryl methyl sites for hydroxylation is 1. The van der Waals surface area contributed by atoms with Gasteiger partial charge in [-0.3, -0.25) is 9.59 Å². The van der Waals surface area contributed by atoms with Crippen molar-refractivity contribution in [1.29, 1.82) is 0 Å². The minimum absolute atomic E-state index is 0.108. The van der Waals surface area contributed by atoms with Crippen LogP contribution in [0, 0.1) is 6.92 Å². The average Bonchev–Trinajstić information content (AvgIpc) is 3.32. The van der Waals surface area contributed by atoms with E-state index in [1.54, 1.807) is 41.3 Å². The third kappa shape index (κ3) is 3.25. The Morgan fingerprint density at radius 3 is 2.58 bits per heavy atom. The molecule has 2 heterocycles. The fourth-order valence-electron chi connectivity index (χ4n) is 4.11. The summed E-state index contributed by atoms with van der Waals surface area (Å²) in [6.07, 6.45) is -0.354. The Balaban J connectivity index is 1.45. The molecule has 0 aliphatic carbocycles. The molecular formula is C25H21NO5. The van der Waals surface area contributed by atoms with Crippen molar-refractivity contribution in [3.63, 3.8) is 0 Å². The molecule has 0 aromatic heterocycles. The Kier molecular flexibility index (Phi) is 4.52. The number of benzene rings is 3. The van der Waals surface area contributed by atoms with E-state index < -0.39 is 11.5 Å². The lowest BCUT2D eigenvalue weighted by Crippen LogP contribution is -2.41. The zero-order valence-electron chi connectivity index (χ0n) is 17.0. The van der Waals surface area contributed by atoms with Crippen LogP contribution in [0.3, 0.4) is 0 Å². The van der Waals surface area contributed by atoms with Gasteiger partial charge in [0.1, 0.15) is 0 Å². The van der Waals surface area contributed by atoms with Crippen LogP contribution in [0.5, 0.6) is 11.5 Å². The van der Waals surface area contributed by atoms with Gasteiger partial charge < -0.3 is 19.5 Å². The fraction of sp³-hybridized carbons (Fsp3) is 0.200. The predicted molar refractivity (Wildman–Crippen MR) is 114 cm³/mol. The Hall–Kier alpha value is -3.64. The second-order valence-electron chi connectivity index (χ2n) is 7.92. The van der Waals surface area contributed by atoms with E-state index in [4.69, 9.17) is 9.47 Å². The molecule has 3 aromatic carbocycles. The zero-order valence-corrected chi connectivity index (χ0v) is 17.0.